The number of aryl methyl sites for hydroxylation is 2. The molecule has 2 aromatic heterocycles. The van der Waals surface area contributed by atoms with Crippen molar-refractivity contribution in [2.24, 2.45) is 0 Å². The van der Waals surface area contributed by atoms with E-state index in [1.165, 1.54) is 22.2 Å². The second kappa shape index (κ2) is 4.29. The number of aliphatic carboxylic acids is 1. The van der Waals surface area contributed by atoms with Crippen molar-refractivity contribution in [1.82, 2.24) is 9.55 Å². The van der Waals surface area contributed by atoms with E-state index in [1.54, 1.807) is 6.92 Å². The summed E-state index contributed by atoms with van der Waals surface area (Å²) in [4.78, 5) is 28.3. The van der Waals surface area contributed by atoms with E-state index in [2.05, 4.69) is 4.98 Å². The minimum Gasteiger partial charge on any atom is -0.481 e. The van der Waals surface area contributed by atoms with Gasteiger partial charge in [0.2, 0.25) is 0 Å². The molecule has 17 heavy (non-hydrogen) atoms. The summed E-state index contributed by atoms with van der Waals surface area (Å²) < 4.78 is 1.52. The minimum absolute atomic E-state index is 0.0571. The normalized spacial score (nSPS) is 10.9. The van der Waals surface area contributed by atoms with Crippen molar-refractivity contribution in [2.75, 3.05) is 0 Å². The molecule has 2 heterocycles. The molecule has 0 amide bonds. The Hall–Kier alpha value is -1.69. The smallest absolute Gasteiger partial charge is 0.308 e. The van der Waals surface area contributed by atoms with E-state index in [0.29, 0.717) is 21.6 Å². The zero-order valence-electron chi connectivity index (χ0n) is 9.56. The lowest BCUT2D eigenvalue weighted by Gasteiger charge is -2.00. The van der Waals surface area contributed by atoms with Gasteiger partial charge >= 0.3 is 5.97 Å². The Morgan fingerprint density at radius 2 is 2.29 bits per heavy atom. The quantitative estimate of drug-likeness (QED) is 0.896. The third kappa shape index (κ3) is 1.95. The molecular weight excluding hydrogens is 240 g/mol. The van der Waals surface area contributed by atoms with Gasteiger partial charge in [-0.15, -0.1) is 11.3 Å². The van der Waals surface area contributed by atoms with Crippen LogP contribution in [0.4, 0.5) is 0 Å². The molecule has 0 aliphatic heterocycles. The van der Waals surface area contributed by atoms with Gasteiger partial charge in [0.1, 0.15) is 4.83 Å². The molecule has 2 aromatic rings. The van der Waals surface area contributed by atoms with Gasteiger partial charge in [-0.05, 0) is 19.4 Å². The Kier molecular flexibility index (Phi) is 2.97. The maximum absolute atomic E-state index is 12.1. The van der Waals surface area contributed by atoms with Crippen molar-refractivity contribution in [1.29, 1.82) is 0 Å². The predicted molar refractivity (Wildman–Crippen MR) is 65.6 cm³/mol. The zero-order valence-corrected chi connectivity index (χ0v) is 10.4. The summed E-state index contributed by atoms with van der Waals surface area (Å²) >= 11 is 1.28. The van der Waals surface area contributed by atoms with E-state index < -0.39 is 5.97 Å². The average molecular weight is 252 g/mol. The van der Waals surface area contributed by atoms with Crippen LogP contribution in [-0.2, 0) is 17.8 Å². The van der Waals surface area contributed by atoms with Gasteiger partial charge in [0.15, 0.2) is 0 Å². The van der Waals surface area contributed by atoms with Crippen molar-refractivity contribution in [3.05, 3.63) is 27.1 Å². The molecule has 0 unspecified atom stereocenters. The summed E-state index contributed by atoms with van der Waals surface area (Å²) in [5.41, 5.74) is 0.649. The van der Waals surface area contributed by atoms with Crippen LogP contribution in [0.1, 0.15) is 17.4 Å². The monoisotopic (exact) mass is 252 g/mol. The number of nitrogens with zero attached hydrogens (tertiary/aromatic N) is 2. The van der Waals surface area contributed by atoms with Gasteiger partial charge in [0.05, 0.1) is 18.1 Å². The van der Waals surface area contributed by atoms with E-state index in [1.807, 2.05) is 6.92 Å². The van der Waals surface area contributed by atoms with Gasteiger partial charge in [-0.1, -0.05) is 0 Å². The molecule has 2 rings (SSSR count). The Morgan fingerprint density at radius 3 is 2.88 bits per heavy atom. The van der Waals surface area contributed by atoms with Crippen molar-refractivity contribution in [2.45, 2.75) is 26.8 Å². The van der Waals surface area contributed by atoms with E-state index >= 15 is 0 Å². The lowest BCUT2D eigenvalue weighted by molar-refractivity contribution is -0.136. The summed E-state index contributed by atoms with van der Waals surface area (Å²) in [6.07, 6.45) is 1.45. The molecule has 0 aliphatic carbocycles. The maximum atomic E-state index is 12.1. The fraction of sp³-hybridized carbons (Fsp3) is 0.364. The predicted octanol–water partition coefficient (Wildman–Crippen LogP) is 1.41. The van der Waals surface area contributed by atoms with Crippen LogP contribution in [0.2, 0.25) is 0 Å². The fourth-order valence-corrected chi connectivity index (χ4v) is 2.86. The van der Waals surface area contributed by atoms with Crippen LogP contribution in [0, 0.1) is 6.92 Å². The van der Waals surface area contributed by atoms with Crippen LogP contribution < -0.4 is 5.56 Å². The van der Waals surface area contributed by atoms with Crippen LogP contribution in [-0.4, -0.2) is 20.6 Å². The molecule has 6 heteroatoms. The van der Waals surface area contributed by atoms with Crippen molar-refractivity contribution >= 4 is 27.5 Å². The molecule has 0 spiro atoms. The summed E-state index contributed by atoms with van der Waals surface area (Å²) in [5.74, 6) is -0.893. The van der Waals surface area contributed by atoms with Gasteiger partial charge in [0, 0.05) is 11.4 Å². The fourth-order valence-electron chi connectivity index (χ4n) is 1.74. The summed E-state index contributed by atoms with van der Waals surface area (Å²) in [5, 5.41) is 9.34. The third-order valence-corrected chi connectivity index (χ3v) is 3.87. The van der Waals surface area contributed by atoms with E-state index in [-0.39, 0.29) is 12.0 Å². The Balaban J connectivity index is 2.70. The first kappa shape index (κ1) is 11.8. The molecule has 0 saturated heterocycles. The number of aromatic nitrogens is 2. The van der Waals surface area contributed by atoms with Gasteiger partial charge in [-0.3, -0.25) is 14.2 Å². The number of hydrogen-bond acceptors (Lipinski definition) is 4. The van der Waals surface area contributed by atoms with Crippen LogP contribution in [0.5, 0.6) is 0 Å². The van der Waals surface area contributed by atoms with Crippen molar-refractivity contribution in [3.8, 4) is 0 Å². The Labute approximate surface area is 101 Å². The number of thiophene rings is 1. The molecule has 0 bridgehead atoms. The van der Waals surface area contributed by atoms with Gasteiger partial charge in [-0.25, -0.2) is 4.98 Å². The highest BCUT2D eigenvalue weighted by molar-refractivity contribution is 7.18. The number of carboxylic acid groups (broad SMARTS) is 1. The molecular formula is C11H12N2O3S. The summed E-state index contributed by atoms with van der Waals surface area (Å²) in [6.45, 7) is 4.21. The second-order valence-electron chi connectivity index (χ2n) is 3.74. The Bertz CT molecular complexity index is 642. The molecule has 0 aliphatic rings. The molecule has 0 aromatic carbocycles. The Morgan fingerprint density at radius 1 is 1.59 bits per heavy atom. The summed E-state index contributed by atoms with van der Waals surface area (Å²) in [6, 6.07) is 0. The van der Waals surface area contributed by atoms with Crippen molar-refractivity contribution < 1.29 is 9.90 Å². The van der Waals surface area contributed by atoms with Crippen LogP contribution in [0.25, 0.3) is 10.2 Å². The molecule has 0 fully saturated rings. The largest absolute Gasteiger partial charge is 0.481 e. The lowest BCUT2D eigenvalue weighted by atomic mass is 10.2. The van der Waals surface area contributed by atoms with E-state index in [9.17, 15) is 9.59 Å². The number of hydrogen-bond donors (Lipinski definition) is 1. The highest BCUT2D eigenvalue weighted by Crippen LogP contribution is 2.27. The number of carboxylic acids is 1. The number of carbonyl (C=O) groups is 1. The van der Waals surface area contributed by atoms with Crippen LogP contribution in [0.3, 0.4) is 0 Å². The zero-order chi connectivity index (χ0) is 12.6. The third-order valence-electron chi connectivity index (χ3n) is 2.67. The summed E-state index contributed by atoms with van der Waals surface area (Å²) in [7, 11) is 0. The first-order valence-corrected chi connectivity index (χ1v) is 6.05. The maximum Gasteiger partial charge on any atom is 0.308 e. The van der Waals surface area contributed by atoms with Crippen molar-refractivity contribution in [3.63, 3.8) is 0 Å². The minimum atomic E-state index is -0.893. The molecule has 90 valence electrons. The van der Waals surface area contributed by atoms with Gasteiger partial charge < -0.3 is 5.11 Å². The van der Waals surface area contributed by atoms with Gasteiger partial charge in [0.25, 0.3) is 5.56 Å². The molecule has 0 atom stereocenters. The SMILES string of the molecule is CCn1cnc2sc(CC(=O)O)c(C)c2c1=O. The second-order valence-corrected chi connectivity index (χ2v) is 4.82. The highest BCUT2D eigenvalue weighted by Gasteiger charge is 2.15. The van der Waals surface area contributed by atoms with Gasteiger partial charge in [-0.2, -0.15) is 0 Å². The van der Waals surface area contributed by atoms with Crippen LogP contribution >= 0.6 is 11.3 Å². The first-order valence-electron chi connectivity index (χ1n) is 5.23. The topological polar surface area (TPSA) is 72.2 Å². The van der Waals surface area contributed by atoms with E-state index in [0.717, 1.165) is 5.56 Å². The first-order chi connectivity index (χ1) is 8.04. The number of rotatable bonds is 3. The molecule has 1 N–H and O–H groups in total. The number of fused-ring (bicyclic) bond motifs is 1. The highest BCUT2D eigenvalue weighted by atomic mass is 32.1. The van der Waals surface area contributed by atoms with Crippen LogP contribution in [0.15, 0.2) is 11.1 Å². The lowest BCUT2D eigenvalue weighted by Crippen LogP contribution is -2.19. The average Bonchev–Trinajstić information content (AvgIpc) is 2.56. The molecule has 0 radical (unpaired) electrons. The molecule has 5 nitrogen and oxygen atoms in total. The standard InChI is InChI=1S/C11H12N2O3S/c1-3-13-5-12-10-9(11(13)16)6(2)7(17-10)4-8(14)15/h5H,3-4H2,1-2H3,(H,14,15). The van der Waals surface area contributed by atoms with E-state index in [4.69, 9.17) is 5.11 Å². The molecule has 0 saturated carbocycles.